The van der Waals surface area contributed by atoms with E-state index in [2.05, 4.69) is 15.6 Å². The van der Waals surface area contributed by atoms with Crippen LogP contribution < -0.4 is 10.6 Å². The minimum Gasteiger partial charge on any atom is -0.354 e. The van der Waals surface area contributed by atoms with Gasteiger partial charge in [0.05, 0.1) is 5.57 Å². The molecule has 2 N–H and O–H groups in total. The summed E-state index contributed by atoms with van der Waals surface area (Å²) in [6, 6.07) is 11.1. The number of hydrogen-bond acceptors (Lipinski definition) is 4. The molecule has 0 bridgehead atoms. The molecule has 2 aromatic carbocycles. The minimum atomic E-state index is -0.409. The molecule has 2 amide bonds. The molecule has 0 radical (unpaired) electrons. The van der Waals surface area contributed by atoms with Crippen molar-refractivity contribution >= 4 is 29.5 Å². The molecule has 3 rings (SSSR count). The van der Waals surface area contributed by atoms with Crippen molar-refractivity contribution in [1.82, 2.24) is 5.32 Å². The lowest BCUT2D eigenvalue weighted by Gasteiger charge is -2.08. The Labute approximate surface area is 167 Å². The van der Waals surface area contributed by atoms with E-state index in [4.69, 9.17) is 0 Å². The second-order valence-corrected chi connectivity index (χ2v) is 6.64. The Morgan fingerprint density at radius 1 is 1.07 bits per heavy atom. The summed E-state index contributed by atoms with van der Waals surface area (Å²) in [6.07, 6.45) is 1.97. The summed E-state index contributed by atoms with van der Waals surface area (Å²) in [5, 5.41) is 5.19. The van der Waals surface area contributed by atoms with Gasteiger partial charge in [-0.1, -0.05) is 12.1 Å². The maximum atomic E-state index is 13.4. The van der Waals surface area contributed by atoms with E-state index >= 15 is 0 Å². The van der Waals surface area contributed by atoms with E-state index in [1.807, 2.05) is 0 Å². The van der Waals surface area contributed by atoms with Crippen molar-refractivity contribution in [3.63, 3.8) is 0 Å². The van der Waals surface area contributed by atoms with Crippen molar-refractivity contribution in [3.8, 4) is 0 Å². The monoisotopic (exact) mass is 393 g/mol. The number of Topliss-reactive ketones (excluding diaryl/α,β-unsaturated/α-hetero) is 1. The van der Waals surface area contributed by atoms with Gasteiger partial charge < -0.3 is 10.6 Å². The van der Waals surface area contributed by atoms with Crippen molar-refractivity contribution in [1.29, 1.82) is 0 Å². The van der Waals surface area contributed by atoms with Crippen molar-refractivity contribution in [2.24, 2.45) is 4.99 Å². The molecule has 2 aromatic rings. The zero-order valence-corrected chi connectivity index (χ0v) is 16.1. The van der Waals surface area contributed by atoms with Gasteiger partial charge in [-0.15, -0.1) is 0 Å². The lowest BCUT2D eigenvalue weighted by molar-refractivity contribution is -0.118. The van der Waals surface area contributed by atoms with Gasteiger partial charge in [0.25, 0.3) is 11.8 Å². The molecule has 0 aromatic heterocycles. The zero-order valence-electron chi connectivity index (χ0n) is 16.1. The molecule has 0 aliphatic carbocycles. The number of ketones is 1. The van der Waals surface area contributed by atoms with E-state index in [9.17, 15) is 18.8 Å². The highest BCUT2D eigenvalue weighted by Gasteiger charge is 2.23. The number of rotatable bonds is 6. The molecule has 29 heavy (non-hydrogen) atoms. The van der Waals surface area contributed by atoms with Crippen LogP contribution in [0.15, 0.2) is 58.7 Å². The minimum absolute atomic E-state index is 0.113. The van der Waals surface area contributed by atoms with Crippen molar-refractivity contribution < 1.29 is 18.8 Å². The highest BCUT2D eigenvalue weighted by Crippen LogP contribution is 2.20. The highest BCUT2D eigenvalue weighted by atomic mass is 19.1. The van der Waals surface area contributed by atoms with Crippen LogP contribution in [0.1, 0.15) is 27.9 Å². The fourth-order valence-electron chi connectivity index (χ4n) is 2.94. The largest absolute Gasteiger partial charge is 0.354 e. The van der Waals surface area contributed by atoms with Crippen LogP contribution in [0, 0.1) is 12.7 Å². The first kappa shape index (κ1) is 20.1. The fourth-order valence-corrected chi connectivity index (χ4v) is 2.94. The lowest BCUT2D eigenvalue weighted by atomic mass is 10.0. The average molecular weight is 393 g/mol. The number of likely N-dealkylation sites (N-methyl/N-ethyl adjacent to an activating group) is 1. The third kappa shape index (κ3) is 4.63. The summed E-state index contributed by atoms with van der Waals surface area (Å²) in [6.45, 7) is 1.62. The number of aliphatic imine (C=N–C) groups is 1. The molecule has 1 aliphatic rings. The molecule has 1 heterocycles. The van der Waals surface area contributed by atoms with Crippen molar-refractivity contribution in [2.45, 2.75) is 19.8 Å². The van der Waals surface area contributed by atoms with Gasteiger partial charge in [-0.05, 0) is 48.4 Å². The van der Waals surface area contributed by atoms with E-state index in [1.54, 1.807) is 31.2 Å². The Balaban J connectivity index is 1.66. The first-order chi connectivity index (χ1) is 13.9. The van der Waals surface area contributed by atoms with Crippen LogP contribution in [0.5, 0.6) is 0 Å². The summed E-state index contributed by atoms with van der Waals surface area (Å²) in [4.78, 5) is 40.6. The molecular formula is C22H20FN3O3. The Morgan fingerprint density at radius 2 is 1.79 bits per heavy atom. The third-order valence-electron chi connectivity index (χ3n) is 4.57. The summed E-state index contributed by atoms with van der Waals surface area (Å²) in [7, 11) is 1.48. The first-order valence-corrected chi connectivity index (χ1v) is 9.06. The average Bonchev–Trinajstić information content (AvgIpc) is 3.21. The number of hydrogen-bond donors (Lipinski definition) is 2. The predicted octanol–water partition coefficient (Wildman–Crippen LogP) is 2.97. The fraction of sp³-hybridized carbons (Fsp3) is 0.182. The number of nitrogens with one attached hydrogen (secondary N) is 2. The standard InChI is InChI=1S/C22H20FN3O3/c1-13-11-15(5-8-18(13)23)19(27)12-14-3-6-16(7-4-14)26-21(28)17-9-10-25-20(17)22(29)24-2/h3-8,10-11H,9,12H2,1-2H3,(H,24,29)(H,26,28). The van der Waals surface area contributed by atoms with Gasteiger partial charge in [0.15, 0.2) is 5.78 Å². The Bertz CT molecular complexity index is 1040. The van der Waals surface area contributed by atoms with Gasteiger partial charge in [0, 0.05) is 37.4 Å². The van der Waals surface area contributed by atoms with Gasteiger partial charge in [-0.25, -0.2) is 4.39 Å². The van der Waals surface area contributed by atoms with Crippen molar-refractivity contribution in [2.75, 3.05) is 12.4 Å². The van der Waals surface area contributed by atoms with E-state index in [0.717, 1.165) is 5.56 Å². The van der Waals surface area contributed by atoms with Crippen LogP contribution in [0.2, 0.25) is 0 Å². The van der Waals surface area contributed by atoms with Gasteiger partial charge in [-0.3, -0.25) is 19.4 Å². The molecule has 148 valence electrons. The molecule has 7 heteroatoms. The number of anilines is 1. The number of carbonyl (C=O) groups is 3. The van der Waals surface area contributed by atoms with E-state index in [-0.39, 0.29) is 30.1 Å². The van der Waals surface area contributed by atoms with Crippen LogP contribution in [0.4, 0.5) is 10.1 Å². The molecule has 0 fully saturated rings. The molecule has 0 atom stereocenters. The number of aryl methyl sites for hydroxylation is 1. The smallest absolute Gasteiger partial charge is 0.270 e. The predicted molar refractivity (Wildman–Crippen MR) is 108 cm³/mol. The Kier molecular flexibility index (Phi) is 5.97. The molecular weight excluding hydrogens is 373 g/mol. The maximum Gasteiger partial charge on any atom is 0.270 e. The molecule has 6 nitrogen and oxygen atoms in total. The molecule has 0 unspecified atom stereocenters. The van der Waals surface area contributed by atoms with E-state index in [0.29, 0.717) is 22.4 Å². The summed E-state index contributed by atoms with van der Waals surface area (Å²) >= 11 is 0. The van der Waals surface area contributed by atoms with Gasteiger partial charge in [0.2, 0.25) is 0 Å². The normalized spacial score (nSPS) is 12.8. The highest BCUT2D eigenvalue weighted by molar-refractivity contribution is 6.13. The molecule has 0 saturated carbocycles. The van der Waals surface area contributed by atoms with Crippen LogP contribution in [0.3, 0.4) is 0 Å². The number of carbonyl (C=O) groups excluding carboxylic acids is 3. The topological polar surface area (TPSA) is 87.6 Å². The van der Waals surface area contributed by atoms with Gasteiger partial charge in [-0.2, -0.15) is 0 Å². The molecule has 0 saturated heterocycles. The summed E-state index contributed by atoms with van der Waals surface area (Å²) in [5.74, 6) is -1.27. The number of nitrogens with zero attached hydrogens (tertiary/aromatic N) is 1. The number of halogens is 1. The van der Waals surface area contributed by atoms with E-state index in [1.165, 1.54) is 31.5 Å². The van der Waals surface area contributed by atoms with Crippen molar-refractivity contribution in [3.05, 3.63) is 76.2 Å². The van der Waals surface area contributed by atoms with Gasteiger partial charge in [0.1, 0.15) is 11.5 Å². The van der Waals surface area contributed by atoms with Crippen LogP contribution >= 0.6 is 0 Å². The maximum absolute atomic E-state index is 13.4. The van der Waals surface area contributed by atoms with E-state index < -0.39 is 11.8 Å². The second kappa shape index (κ2) is 8.60. The SMILES string of the molecule is CNC(=O)C1=C(C(=O)Nc2ccc(CC(=O)c3ccc(F)c(C)c3)cc2)CC=N1. The van der Waals surface area contributed by atoms with Crippen LogP contribution in [-0.2, 0) is 16.0 Å². The zero-order chi connectivity index (χ0) is 21.0. The molecule has 0 spiro atoms. The number of benzene rings is 2. The Hall–Kier alpha value is -3.61. The van der Waals surface area contributed by atoms with Crippen LogP contribution in [0.25, 0.3) is 0 Å². The number of amides is 2. The molecule has 1 aliphatic heterocycles. The third-order valence-corrected chi connectivity index (χ3v) is 4.57. The summed E-state index contributed by atoms with van der Waals surface area (Å²) < 4.78 is 13.4. The van der Waals surface area contributed by atoms with Gasteiger partial charge >= 0.3 is 0 Å². The summed E-state index contributed by atoms with van der Waals surface area (Å²) in [5.41, 5.74) is 2.60. The second-order valence-electron chi connectivity index (χ2n) is 6.64. The first-order valence-electron chi connectivity index (χ1n) is 9.06. The Morgan fingerprint density at radius 3 is 2.45 bits per heavy atom. The quantitative estimate of drug-likeness (QED) is 0.740. The van der Waals surface area contributed by atoms with Crippen LogP contribution in [-0.4, -0.2) is 30.9 Å². The lowest BCUT2D eigenvalue weighted by Crippen LogP contribution is -2.23.